The summed E-state index contributed by atoms with van der Waals surface area (Å²) in [6, 6.07) is 4.36. The van der Waals surface area contributed by atoms with Gasteiger partial charge >= 0.3 is 0 Å². The molecule has 1 saturated carbocycles. The van der Waals surface area contributed by atoms with Crippen molar-refractivity contribution >= 4 is 26.8 Å². The first kappa shape index (κ1) is 17.2. The Bertz CT molecular complexity index is 891. The van der Waals surface area contributed by atoms with Crippen molar-refractivity contribution in [2.24, 2.45) is 0 Å². The van der Waals surface area contributed by atoms with Gasteiger partial charge in [0.1, 0.15) is 11.8 Å². The Morgan fingerprint density at radius 2 is 2.04 bits per heavy atom. The SMILES string of the molecule is Cc1cc(S(C)(=O)=O)ccc1C(=O)c1c([S+](C)[O-])noc1C1CC1. The predicted octanol–water partition coefficient (Wildman–Crippen LogP) is 2.23. The molecule has 128 valence electrons. The molecule has 24 heavy (non-hydrogen) atoms. The molecule has 0 amide bonds. The molecule has 1 aromatic heterocycles. The van der Waals surface area contributed by atoms with Crippen molar-refractivity contribution in [3.8, 4) is 0 Å². The highest BCUT2D eigenvalue weighted by molar-refractivity contribution is 7.91. The molecule has 0 radical (unpaired) electrons. The normalized spacial score (nSPS) is 16.2. The summed E-state index contributed by atoms with van der Waals surface area (Å²) in [6.07, 6.45) is 4.40. The maximum Gasteiger partial charge on any atom is 0.293 e. The third kappa shape index (κ3) is 3.13. The van der Waals surface area contributed by atoms with Gasteiger partial charge in [-0.3, -0.25) is 4.79 Å². The van der Waals surface area contributed by atoms with Gasteiger partial charge in [0.15, 0.2) is 15.6 Å². The van der Waals surface area contributed by atoms with Gasteiger partial charge in [0.25, 0.3) is 5.03 Å². The van der Waals surface area contributed by atoms with E-state index in [1.807, 2.05) is 0 Å². The molecular weight excluding hydrogens is 350 g/mol. The minimum absolute atomic E-state index is 0.143. The zero-order valence-corrected chi connectivity index (χ0v) is 15.2. The van der Waals surface area contributed by atoms with E-state index in [4.69, 9.17) is 4.52 Å². The van der Waals surface area contributed by atoms with Gasteiger partial charge in [0.05, 0.1) is 4.90 Å². The second-order valence-corrected chi connectivity index (χ2v) is 9.34. The fraction of sp³-hybridized carbons (Fsp3) is 0.375. The van der Waals surface area contributed by atoms with Crippen LogP contribution in [0.1, 0.15) is 46.0 Å². The summed E-state index contributed by atoms with van der Waals surface area (Å²) in [6.45, 7) is 1.68. The van der Waals surface area contributed by atoms with Gasteiger partial charge in [-0.05, 0) is 48.7 Å². The van der Waals surface area contributed by atoms with Crippen molar-refractivity contribution in [1.29, 1.82) is 0 Å². The number of sulfone groups is 1. The molecule has 1 aliphatic carbocycles. The smallest absolute Gasteiger partial charge is 0.293 e. The molecule has 0 aliphatic heterocycles. The van der Waals surface area contributed by atoms with Crippen LogP contribution in [0.3, 0.4) is 0 Å². The average Bonchev–Trinajstić information content (AvgIpc) is 3.23. The first-order valence-electron chi connectivity index (χ1n) is 7.38. The Kier molecular flexibility index (Phi) is 4.31. The molecule has 1 unspecified atom stereocenters. The minimum Gasteiger partial charge on any atom is -0.610 e. The summed E-state index contributed by atoms with van der Waals surface area (Å²) >= 11 is -1.45. The van der Waals surface area contributed by atoms with Crippen molar-refractivity contribution in [3.63, 3.8) is 0 Å². The lowest BCUT2D eigenvalue weighted by Gasteiger charge is -2.08. The Morgan fingerprint density at radius 3 is 2.54 bits per heavy atom. The van der Waals surface area contributed by atoms with Gasteiger partial charge in [-0.25, -0.2) is 8.42 Å². The fourth-order valence-electron chi connectivity index (χ4n) is 2.57. The summed E-state index contributed by atoms with van der Waals surface area (Å²) in [5.41, 5.74) is 1.16. The summed E-state index contributed by atoms with van der Waals surface area (Å²) in [4.78, 5) is 13.1. The van der Waals surface area contributed by atoms with Crippen LogP contribution in [0.5, 0.6) is 0 Å². The topological polar surface area (TPSA) is 100 Å². The van der Waals surface area contributed by atoms with Gasteiger partial charge in [-0.1, -0.05) is 0 Å². The van der Waals surface area contributed by atoms with Crippen LogP contribution in [0, 0.1) is 6.92 Å². The standard InChI is InChI=1S/C16H17NO5S2/c1-9-8-11(24(3,20)21)6-7-12(9)14(18)13-15(10-4-5-10)22-17-16(13)23(2)19/h6-8,10H,4-5H2,1-3H3. The largest absolute Gasteiger partial charge is 0.610 e. The molecule has 0 spiro atoms. The van der Waals surface area contributed by atoms with Gasteiger partial charge < -0.3 is 9.08 Å². The molecule has 0 N–H and O–H groups in total. The Hall–Kier alpha value is -1.64. The van der Waals surface area contributed by atoms with Crippen LogP contribution in [0.2, 0.25) is 0 Å². The molecule has 8 heteroatoms. The van der Waals surface area contributed by atoms with Crippen LogP contribution in [-0.4, -0.2) is 36.4 Å². The molecule has 1 aliphatic rings. The number of benzene rings is 1. The fourth-order valence-corrected chi connectivity index (χ4v) is 3.90. The van der Waals surface area contributed by atoms with E-state index in [1.54, 1.807) is 6.92 Å². The van der Waals surface area contributed by atoms with Gasteiger partial charge in [-0.15, -0.1) is 0 Å². The van der Waals surface area contributed by atoms with E-state index in [0.717, 1.165) is 19.1 Å². The highest BCUT2D eigenvalue weighted by Gasteiger charge is 2.38. The summed E-state index contributed by atoms with van der Waals surface area (Å²) in [5, 5.41) is 3.96. The number of aryl methyl sites for hydroxylation is 1. The minimum atomic E-state index is -3.35. The number of rotatable bonds is 5. The van der Waals surface area contributed by atoms with Crippen LogP contribution in [0.25, 0.3) is 0 Å². The van der Waals surface area contributed by atoms with Crippen molar-refractivity contribution in [2.45, 2.75) is 35.6 Å². The van der Waals surface area contributed by atoms with Crippen LogP contribution in [0.4, 0.5) is 0 Å². The van der Waals surface area contributed by atoms with Crippen LogP contribution in [0.15, 0.2) is 32.6 Å². The lowest BCUT2D eigenvalue weighted by molar-refractivity contribution is 0.103. The van der Waals surface area contributed by atoms with Gasteiger partial charge in [0.2, 0.25) is 5.78 Å². The third-order valence-corrected chi connectivity index (χ3v) is 5.94. The van der Waals surface area contributed by atoms with Crippen LogP contribution in [-0.2, 0) is 21.0 Å². The highest BCUT2D eigenvalue weighted by atomic mass is 32.2. The Balaban J connectivity index is 2.08. The quantitative estimate of drug-likeness (QED) is 0.593. The van der Waals surface area contributed by atoms with Crippen molar-refractivity contribution in [2.75, 3.05) is 12.5 Å². The zero-order valence-electron chi connectivity index (χ0n) is 13.5. The molecule has 6 nitrogen and oxygen atoms in total. The van der Waals surface area contributed by atoms with E-state index in [2.05, 4.69) is 5.16 Å². The predicted molar refractivity (Wildman–Crippen MR) is 88.5 cm³/mol. The second-order valence-electron chi connectivity index (χ2n) is 6.03. The van der Waals surface area contributed by atoms with E-state index in [0.29, 0.717) is 16.9 Å². The third-order valence-electron chi connectivity index (χ3n) is 4.01. The molecule has 0 bridgehead atoms. The van der Waals surface area contributed by atoms with Gasteiger partial charge in [-0.2, -0.15) is 0 Å². The molecule has 2 aromatic rings. The number of hydrogen-bond donors (Lipinski definition) is 0. The number of carbonyl (C=O) groups excluding carboxylic acids is 1. The zero-order chi connectivity index (χ0) is 17.6. The molecule has 3 rings (SSSR count). The molecule has 1 atom stereocenters. The van der Waals surface area contributed by atoms with E-state index >= 15 is 0 Å². The first-order valence-corrected chi connectivity index (χ1v) is 10.8. The number of aromatic nitrogens is 1. The van der Waals surface area contributed by atoms with E-state index in [1.165, 1.54) is 24.5 Å². The first-order chi connectivity index (χ1) is 11.2. The number of hydrogen-bond acceptors (Lipinski definition) is 6. The van der Waals surface area contributed by atoms with E-state index in [9.17, 15) is 17.8 Å². The summed E-state index contributed by atoms with van der Waals surface area (Å²) < 4.78 is 40.4. The maximum absolute atomic E-state index is 13.0. The molecule has 0 saturated heterocycles. The Morgan fingerprint density at radius 1 is 1.38 bits per heavy atom. The van der Waals surface area contributed by atoms with Crippen molar-refractivity contribution in [3.05, 3.63) is 40.6 Å². The molecule has 1 fully saturated rings. The maximum atomic E-state index is 13.0. The van der Waals surface area contributed by atoms with E-state index < -0.39 is 21.0 Å². The molecule has 1 aromatic carbocycles. The molecule has 1 heterocycles. The number of nitrogens with zero attached hydrogens (tertiary/aromatic N) is 1. The average molecular weight is 367 g/mol. The summed E-state index contributed by atoms with van der Waals surface area (Å²) in [5.74, 6) is 0.294. The molecular formula is C16H17NO5S2. The second kappa shape index (κ2) is 6.02. The Labute approximate surface area is 143 Å². The lowest BCUT2D eigenvalue weighted by atomic mass is 9.98. The highest BCUT2D eigenvalue weighted by Crippen LogP contribution is 2.43. The number of carbonyl (C=O) groups is 1. The van der Waals surface area contributed by atoms with Crippen LogP contribution >= 0.6 is 0 Å². The van der Waals surface area contributed by atoms with E-state index in [-0.39, 0.29) is 27.2 Å². The van der Waals surface area contributed by atoms with Crippen LogP contribution < -0.4 is 0 Å². The van der Waals surface area contributed by atoms with Crippen molar-refractivity contribution in [1.82, 2.24) is 5.16 Å². The van der Waals surface area contributed by atoms with Gasteiger partial charge in [0, 0.05) is 28.9 Å². The monoisotopic (exact) mass is 367 g/mol. The summed E-state index contributed by atoms with van der Waals surface area (Å²) in [7, 11) is -3.35. The van der Waals surface area contributed by atoms with Crippen molar-refractivity contribution < 1.29 is 22.3 Å². The number of ketones is 1. The lowest BCUT2D eigenvalue weighted by Crippen LogP contribution is -2.11.